The number of amides is 4. The van der Waals surface area contributed by atoms with Crippen LogP contribution in [0.1, 0.15) is 42.4 Å². The van der Waals surface area contributed by atoms with Crippen molar-refractivity contribution in [2.24, 2.45) is 5.41 Å². The fourth-order valence-corrected chi connectivity index (χ4v) is 4.11. The molecule has 5 N–H and O–H groups in total. The second-order valence-corrected chi connectivity index (χ2v) is 10.1. The van der Waals surface area contributed by atoms with Crippen LogP contribution < -0.4 is 21.8 Å². The van der Waals surface area contributed by atoms with Crippen molar-refractivity contribution in [3.05, 3.63) is 108 Å². The molecule has 0 aromatic heterocycles. The summed E-state index contributed by atoms with van der Waals surface area (Å²) >= 11 is 0. The Morgan fingerprint density at radius 2 is 0.956 bits per heavy atom. The minimum Gasteiger partial charge on any atom is -0.481 e. The van der Waals surface area contributed by atoms with E-state index in [0.717, 1.165) is 16.7 Å². The summed E-state index contributed by atoms with van der Waals surface area (Å²) in [6.07, 6.45) is -2.07. The summed E-state index contributed by atoms with van der Waals surface area (Å²) in [5.41, 5.74) is 7.23. The molecule has 0 unspecified atom stereocenters. The van der Waals surface area contributed by atoms with Crippen molar-refractivity contribution in [3.63, 3.8) is 0 Å². The van der Waals surface area contributed by atoms with Gasteiger partial charge in [-0.2, -0.15) is 0 Å². The standard InChI is InChI=1S/C32H36N4O9/c37-27(16-17-30(40)41)33-23-32(31(42)36-45-22-26-14-8-3-9-15-26,18-28(38)34-43-20-24-10-4-1-5-11-24)19-29(39)35-44-21-25-12-6-2-7-13-25/h1-15H,16-23H2,(H,33,37)(H,34,38)(H,35,39)(H,36,42)(H,40,41). The van der Waals surface area contributed by atoms with Crippen LogP contribution in [0.2, 0.25) is 0 Å². The molecule has 3 rings (SSSR count). The maximum atomic E-state index is 13.7. The number of carbonyl (C=O) groups is 5. The summed E-state index contributed by atoms with van der Waals surface area (Å²) in [4.78, 5) is 79.3. The quantitative estimate of drug-likeness (QED) is 0.126. The van der Waals surface area contributed by atoms with Crippen LogP contribution in [0.15, 0.2) is 91.0 Å². The molecule has 0 aliphatic carbocycles. The third-order valence-electron chi connectivity index (χ3n) is 6.45. The van der Waals surface area contributed by atoms with E-state index >= 15 is 0 Å². The predicted molar refractivity (Wildman–Crippen MR) is 160 cm³/mol. The lowest BCUT2D eigenvalue weighted by molar-refractivity contribution is -0.156. The van der Waals surface area contributed by atoms with E-state index in [4.69, 9.17) is 19.6 Å². The van der Waals surface area contributed by atoms with Gasteiger partial charge in [-0.15, -0.1) is 0 Å². The lowest BCUT2D eigenvalue weighted by Crippen LogP contribution is -2.52. The van der Waals surface area contributed by atoms with Crippen LogP contribution in [0.25, 0.3) is 0 Å². The molecule has 13 heteroatoms. The van der Waals surface area contributed by atoms with Crippen molar-refractivity contribution in [2.75, 3.05) is 6.54 Å². The fourth-order valence-electron chi connectivity index (χ4n) is 4.11. The van der Waals surface area contributed by atoms with E-state index in [9.17, 15) is 24.0 Å². The van der Waals surface area contributed by atoms with Crippen molar-refractivity contribution in [2.45, 2.75) is 45.5 Å². The normalized spacial score (nSPS) is 10.8. The van der Waals surface area contributed by atoms with E-state index in [1.165, 1.54) is 0 Å². The number of nitrogens with one attached hydrogen (secondary N) is 4. The van der Waals surface area contributed by atoms with Gasteiger partial charge < -0.3 is 10.4 Å². The number of benzene rings is 3. The molecule has 3 aromatic rings. The molecular weight excluding hydrogens is 584 g/mol. The molecule has 0 fully saturated rings. The van der Waals surface area contributed by atoms with Gasteiger partial charge in [0.05, 0.1) is 31.7 Å². The summed E-state index contributed by atoms with van der Waals surface area (Å²) in [6.45, 7) is -0.464. The van der Waals surface area contributed by atoms with Crippen LogP contribution in [-0.2, 0) is 58.3 Å². The molecule has 13 nitrogen and oxygen atoms in total. The maximum Gasteiger partial charge on any atom is 0.303 e. The van der Waals surface area contributed by atoms with E-state index in [0.29, 0.717) is 0 Å². The average molecular weight is 621 g/mol. The third kappa shape index (κ3) is 13.0. The van der Waals surface area contributed by atoms with Crippen LogP contribution >= 0.6 is 0 Å². The topological polar surface area (TPSA) is 181 Å². The highest BCUT2D eigenvalue weighted by Gasteiger charge is 2.43. The van der Waals surface area contributed by atoms with Gasteiger partial charge in [0.25, 0.3) is 5.91 Å². The zero-order valence-electron chi connectivity index (χ0n) is 24.5. The van der Waals surface area contributed by atoms with Gasteiger partial charge in [0.15, 0.2) is 0 Å². The first kappa shape index (κ1) is 34.4. The Labute approximate surface area is 260 Å². The Morgan fingerprint density at radius 1 is 0.556 bits per heavy atom. The van der Waals surface area contributed by atoms with E-state index in [1.54, 1.807) is 72.8 Å². The molecule has 0 radical (unpaired) electrons. The predicted octanol–water partition coefficient (Wildman–Crippen LogP) is 2.48. The van der Waals surface area contributed by atoms with Crippen molar-refractivity contribution < 1.29 is 43.6 Å². The highest BCUT2D eigenvalue weighted by molar-refractivity contribution is 5.93. The zero-order valence-corrected chi connectivity index (χ0v) is 24.5. The maximum absolute atomic E-state index is 13.7. The first-order valence-corrected chi connectivity index (χ1v) is 14.1. The summed E-state index contributed by atoms with van der Waals surface area (Å²) in [5.74, 6) is -4.29. The second-order valence-electron chi connectivity index (χ2n) is 10.1. The number of hydrogen-bond donors (Lipinski definition) is 5. The van der Waals surface area contributed by atoms with Gasteiger partial charge in [-0.05, 0) is 16.7 Å². The van der Waals surface area contributed by atoms with Crippen molar-refractivity contribution in [1.29, 1.82) is 0 Å². The Bertz CT molecular complexity index is 1330. The first-order chi connectivity index (χ1) is 21.8. The fraction of sp³-hybridized carbons (Fsp3) is 0.281. The summed E-state index contributed by atoms with van der Waals surface area (Å²) < 4.78 is 0. The van der Waals surface area contributed by atoms with Gasteiger partial charge in [0, 0.05) is 25.8 Å². The third-order valence-corrected chi connectivity index (χ3v) is 6.45. The van der Waals surface area contributed by atoms with Crippen LogP contribution in [0.5, 0.6) is 0 Å². The van der Waals surface area contributed by atoms with Gasteiger partial charge in [0.2, 0.25) is 17.7 Å². The Balaban J connectivity index is 1.75. The molecule has 238 valence electrons. The molecule has 0 aliphatic rings. The van der Waals surface area contributed by atoms with E-state index in [-0.39, 0.29) is 26.2 Å². The molecule has 0 atom stereocenters. The second kappa shape index (κ2) is 18.5. The number of carboxylic acid groups (broad SMARTS) is 1. The minimum atomic E-state index is -1.91. The minimum absolute atomic E-state index is 0.0214. The van der Waals surface area contributed by atoms with Gasteiger partial charge in [-0.3, -0.25) is 38.5 Å². The SMILES string of the molecule is O=C(O)CCC(=O)NCC(CC(=O)NOCc1ccccc1)(CC(=O)NOCc1ccccc1)C(=O)NOCc1ccccc1. The first-order valence-electron chi connectivity index (χ1n) is 14.1. The van der Waals surface area contributed by atoms with Crippen molar-refractivity contribution >= 4 is 29.6 Å². The monoisotopic (exact) mass is 620 g/mol. The molecule has 0 bridgehead atoms. The number of aliphatic carboxylic acids is 1. The Kier molecular flexibility index (Phi) is 14.2. The number of carbonyl (C=O) groups excluding carboxylic acids is 4. The molecular formula is C32H36N4O9. The van der Waals surface area contributed by atoms with Crippen molar-refractivity contribution in [1.82, 2.24) is 21.8 Å². The number of hydroxylamine groups is 3. The Hall–Kier alpha value is -5.11. The average Bonchev–Trinajstić information content (AvgIpc) is 3.04. The highest BCUT2D eigenvalue weighted by atomic mass is 16.7. The zero-order chi connectivity index (χ0) is 32.3. The molecule has 0 aliphatic heterocycles. The van der Waals surface area contributed by atoms with E-state index < -0.39 is 60.8 Å². The van der Waals surface area contributed by atoms with E-state index in [1.807, 2.05) is 18.2 Å². The molecule has 4 amide bonds. The highest BCUT2D eigenvalue weighted by Crippen LogP contribution is 2.28. The smallest absolute Gasteiger partial charge is 0.303 e. The lowest BCUT2D eigenvalue weighted by Gasteiger charge is -2.31. The Morgan fingerprint density at radius 3 is 1.36 bits per heavy atom. The van der Waals surface area contributed by atoms with Gasteiger partial charge >= 0.3 is 5.97 Å². The number of hydrogen-bond acceptors (Lipinski definition) is 8. The molecule has 0 saturated heterocycles. The van der Waals surface area contributed by atoms with E-state index in [2.05, 4.69) is 21.8 Å². The van der Waals surface area contributed by atoms with Crippen LogP contribution in [0, 0.1) is 5.41 Å². The molecule has 45 heavy (non-hydrogen) atoms. The molecule has 0 saturated carbocycles. The number of rotatable bonds is 19. The van der Waals surface area contributed by atoms with Gasteiger partial charge in [-0.1, -0.05) is 91.0 Å². The van der Waals surface area contributed by atoms with Gasteiger partial charge in [0.1, 0.15) is 0 Å². The summed E-state index contributed by atoms with van der Waals surface area (Å²) in [5, 5.41) is 11.4. The van der Waals surface area contributed by atoms with Crippen LogP contribution in [0.4, 0.5) is 0 Å². The lowest BCUT2D eigenvalue weighted by atomic mass is 9.79. The van der Waals surface area contributed by atoms with Crippen LogP contribution in [-0.4, -0.2) is 41.2 Å². The summed E-state index contributed by atoms with van der Waals surface area (Å²) in [6, 6.07) is 27.0. The van der Waals surface area contributed by atoms with Gasteiger partial charge in [-0.25, -0.2) is 16.4 Å². The van der Waals surface area contributed by atoms with Crippen LogP contribution in [0.3, 0.4) is 0 Å². The molecule has 0 spiro atoms. The summed E-state index contributed by atoms with van der Waals surface area (Å²) in [7, 11) is 0. The van der Waals surface area contributed by atoms with Crippen molar-refractivity contribution in [3.8, 4) is 0 Å². The largest absolute Gasteiger partial charge is 0.481 e. The molecule has 3 aromatic carbocycles. The number of carboxylic acids is 1. The molecule has 0 heterocycles.